The summed E-state index contributed by atoms with van der Waals surface area (Å²) >= 11 is 6.35. The number of carbonyl (C=O) groups excluding carboxylic acids is 2. The van der Waals surface area contributed by atoms with Gasteiger partial charge < -0.3 is 0 Å². The van der Waals surface area contributed by atoms with Crippen molar-refractivity contribution in [1.29, 1.82) is 0 Å². The van der Waals surface area contributed by atoms with Crippen molar-refractivity contribution in [2.24, 2.45) is 5.41 Å². The predicted molar refractivity (Wildman–Crippen MR) is 149 cm³/mol. The van der Waals surface area contributed by atoms with Gasteiger partial charge in [-0.15, -0.1) is 0 Å². The molecule has 3 aromatic rings. The van der Waals surface area contributed by atoms with E-state index in [1.54, 1.807) is 13.8 Å². The molecule has 0 radical (unpaired) electrons. The zero-order chi connectivity index (χ0) is 26.5. The van der Waals surface area contributed by atoms with Crippen LogP contribution in [-0.4, -0.2) is 18.0 Å². The van der Waals surface area contributed by atoms with E-state index in [0.29, 0.717) is 11.4 Å². The molecule has 0 aromatic heterocycles. The van der Waals surface area contributed by atoms with Gasteiger partial charge in [0.1, 0.15) is 11.6 Å². The Morgan fingerprint density at radius 3 is 1.53 bits per heavy atom. The van der Waals surface area contributed by atoms with Crippen LogP contribution in [0.3, 0.4) is 0 Å². The first kappa shape index (κ1) is 26.0. The SMILES string of the molecule is Cc1cc(C)c(N2C(=O)C(C)(C)C(=O)N(c3c(C)cc(C)cc3C)C2Cc2cccc(Cl)c2)c(C)c1. The molecule has 1 saturated heterocycles. The number of amides is 2. The lowest BCUT2D eigenvalue weighted by atomic mass is 9.83. The van der Waals surface area contributed by atoms with Crippen molar-refractivity contribution in [3.8, 4) is 0 Å². The van der Waals surface area contributed by atoms with Crippen LogP contribution in [-0.2, 0) is 16.0 Å². The van der Waals surface area contributed by atoms with Gasteiger partial charge in [0.2, 0.25) is 11.8 Å². The van der Waals surface area contributed by atoms with Crippen LogP contribution in [0, 0.1) is 47.0 Å². The number of anilines is 2. The lowest BCUT2D eigenvalue weighted by Gasteiger charge is -2.50. The van der Waals surface area contributed by atoms with Gasteiger partial charge in [0.05, 0.1) is 11.4 Å². The molecule has 0 saturated carbocycles. The highest BCUT2D eigenvalue weighted by Crippen LogP contribution is 2.42. The monoisotopic (exact) mass is 502 g/mol. The third kappa shape index (κ3) is 4.43. The number of aryl methyl sites for hydroxylation is 6. The fraction of sp³-hybridized carbons (Fsp3) is 0.355. The molecule has 36 heavy (non-hydrogen) atoms. The van der Waals surface area contributed by atoms with Crippen LogP contribution in [0.5, 0.6) is 0 Å². The van der Waals surface area contributed by atoms with E-state index in [9.17, 15) is 9.59 Å². The van der Waals surface area contributed by atoms with E-state index in [1.165, 1.54) is 0 Å². The second kappa shape index (κ2) is 9.40. The topological polar surface area (TPSA) is 40.6 Å². The Bertz CT molecular complexity index is 1250. The molecule has 1 aliphatic rings. The number of hydrogen-bond acceptors (Lipinski definition) is 2. The fourth-order valence-electron chi connectivity index (χ4n) is 5.74. The average molecular weight is 503 g/mol. The first-order valence-corrected chi connectivity index (χ1v) is 12.8. The molecule has 4 nitrogen and oxygen atoms in total. The first-order chi connectivity index (χ1) is 16.8. The summed E-state index contributed by atoms with van der Waals surface area (Å²) < 4.78 is 0. The molecule has 2 amide bonds. The van der Waals surface area contributed by atoms with Crippen molar-refractivity contribution < 1.29 is 9.59 Å². The van der Waals surface area contributed by atoms with Crippen molar-refractivity contribution in [2.75, 3.05) is 9.80 Å². The smallest absolute Gasteiger partial charge is 0.243 e. The number of nitrogens with zero attached hydrogens (tertiary/aromatic N) is 2. The van der Waals surface area contributed by atoms with Crippen LogP contribution >= 0.6 is 11.6 Å². The minimum atomic E-state index is -1.22. The Morgan fingerprint density at radius 1 is 0.722 bits per heavy atom. The van der Waals surface area contributed by atoms with Crippen molar-refractivity contribution >= 4 is 34.8 Å². The van der Waals surface area contributed by atoms with Crippen LogP contribution in [0.1, 0.15) is 52.8 Å². The van der Waals surface area contributed by atoms with E-state index in [1.807, 2.05) is 61.8 Å². The van der Waals surface area contributed by atoms with Gasteiger partial charge in [0, 0.05) is 11.4 Å². The van der Waals surface area contributed by atoms with Crippen LogP contribution in [0.4, 0.5) is 11.4 Å². The minimum absolute atomic E-state index is 0.187. The molecule has 1 fully saturated rings. The number of hydrogen-bond donors (Lipinski definition) is 0. The molecule has 0 spiro atoms. The molecule has 1 aliphatic heterocycles. The first-order valence-electron chi connectivity index (χ1n) is 12.4. The summed E-state index contributed by atoms with van der Waals surface area (Å²) in [5.41, 5.74) is 7.81. The van der Waals surface area contributed by atoms with Gasteiger partial charge in [-0.25, -0.2) is 0 Å². The quantitative estimate of drug-likeness (QED) is 0.355. The summed E-state index contributed by atoms with van der Waals surface area (Å²) in [5.74, 6) is -0.374. The van der Waals surface area contributed by atoms with Gasteiger partial charge in [-0.1, -0.05) is 59.1 Å². The van der Waals surface area contributed by atoms with Gasteiger partial charge in [-0.3, -0.25) is 19.4 Å². The zero-order valence-corrected chi connectivity index (χ0v) is 23.2. The number of carbonyl (C=O) groups is 2. The highest BCUT2D eigenvalue weighted by atomic mass is 35.5. The molecule has 0 aliphatic carbocycles. The maximum absolute atomic E-state index is 14.2. The second-order valence-electron chi connectivity index (χ2n) is 10.8. The van der Waals surface area contributed by atoms with Gasteiger partial charge >= 0.3 is 0 Å². The summed E-state index contributed by atoms with van der Waals surface area (Å²) in [6.07, 6.45) is -0.0927. The van der Waals surface area contributed by atoms with Gasteiger partial charge in [0.15, 0.2) is 0 Å². The van der Waals surface area contributed by atoms with Gasteiger partial charge in [-0.05, 0) is 95.3 Å². The van der Waals surface area contributed by atoms with E-state index in [2.05, 4.69) is 38.1 Å². The molecule has 4 rings (SSSR count). The van der Waals surface area contributed by atoms with E-state index in [-0.39, 0.29) is 11.8 Å². The number of halogens is 1. The molecule has 0 atom stereocenters. The molecule has 188 valence electrons. The van der Waals surface area contributed by atoms with E-state index < -0.39 is 11.6 Å². The van der Waals surface area contributed by atoms with E-state index >= 15 is 0 Å². The lowest BCUT2D eigenvalue weighted by Crippen LogP contribution is -2.68. The lowest BCUT2D eigenvalue weighted by molar-refractivity contribution is -0.141. The number of benzene rings is 3. The summed E-state index contributed by atoms with van der Waals surface area (Å²) in [6, 6.07) is 16.1. The summed E-state index contributed by atoms with van der Waals surface area (Å²) in [5, 5.41) is 0.629. The molecule has 3 aromatic carbocycles. The van der Waals surface area contributed by atoms with Crippen molar-refractivity contribution in [3.63, 3.8) is 0 Å². The van der Waals surface area contributed by atoms with E-state index in [0.717, 1.165) is 50.3 Å². The Hall–Kier alpha value is -3.11. The molecule has 5 heteroatoms. The molecule has 0 N–H and O–H groups in total. The maximum atomic E-state index is 14.2. The largest absolute Gasteiger partial charge is 0.289 e. The molecule has 1 heterocycles. The highest BCUT2D eigenvalue weighted by molar-refractivity contribution is 6.30. The van der Waals surface area contributed by atoms with Crippen molar-refractivity contribution in [1.82, 2.24) is 0 Å². The minimum Gasteiger partial charge on any atom is -0.289 e. The standard InChI is InChI=1S/C31H35ClN2O2/c1-18-12-20(3)27(21(4)13-18)33-26(17-24-10-9-11-25(32)16-24)34(30(36)31(7,8)29(33)35)28-22(5)14-19(2)15-23(28)6/h9-16,26H,17H2,1-8H3. The van der Waals surface area contributed by atoms with Gasteiger partial charge in [0.25, 0.3) is 0 Å². The average Bonchev–Trinajstić information content (AvgIpc) is 2.75. The molecular formula is C31H35ClN2O2. The Balaban J connectivity index is 2.03. The molecule has 0 bridgehead atoms. The third-order valence-electron chi connectivity index (χ3n) is 7.16. The Kier molecular flexibility index (Phi) is 6.78. The van der Waals surface area contributed by atoms with Crippen LogP contribution in [0.25, 0.3) is 0 Å². The molecular weight excluding hydrogens is 468 g/mol. The Morgan fingerprint density at radius 2 is 1.14 bits per heavy atom. The van der Waals surface area contributed by atoms with E-state index in [4.69, 9.17) is 11.6 Å². The zero-order valence-electron chi connectivity index (χ0n) is 22.5. The van der Waals surface area contributed by atoms with Crippen molar-refractivity contribution in [2.45, 2.75) is 68.0 Å². The summed E-state index contributed by atoms with van der Waals surface area (Å²) in [7, 11) is 0. The predicted octanol–water partition coefficient (Wildman–Crippen LogP) is 7.17. The Labute approximate surface area is 219 Å². The van der Waals surface area contributed by atoms with Crippen LogP contribution in [0.2, 0.25) is 5.02 Å². The third-order valence-corrected chi connectivity index (χ3v) is 7.40. The van der Waals surface area contributed by atoms with Crippen molar-refractivity contribution in [3.05, 3.63) is 92.5 Å². The number of rotatable bonds is 4. The summed E-state index contributed by atoms with van der Waals surface area (Å²) in [6.45, 7) is 15.7. The summed E-state index contributed by atoms with van der Waals surface area (Å²) in [4.78, 5) is 32.1. The highest BCUT2D eigenvalue weighted by Gasteiger charge is 2.53. The van der Waals surface area contributed by atoms with Crippen LogP contribution < -0.4 is 9.80 Å². The van der Waals surface area contributed by atoms with Gasteiger partial charge in [-0.2, -0.15) is 0 Å². The van der Waals surface area contributed by atoms with Crippen LogP contribution in [0.15, 0.2) is 48.5 Å². The fourth-order valence-corrected chi connectivity index (χ4v) is 5.96. The molecule has 0 unspecified atom stereocenters. The maximum Gasteiger partial charge on any atom is 0.243 e. The second-order valence-corrected chi connectivity index (χ2v) is 11.2. The normalized spacial score (nSPS) is 16.1.